The van der Waals surface area contributed by atoms with Gasteiger partial charge in [0.05, 0.1) is 0 Å². The molecule has 0 aliphatic heterocycles. The van der Waals surface area contributed by atoms with Gasteiger partial charge >= 0.3 is 0 Å². The maximum absolute atomic E-state index is 13.5. The average molecular weight is 289 g/mol. The number of halogens is 2. The molecule has 2 rings (SSSR count). The normalized spacial score (nSPS) is 10.3. The van der Waals surface area contributed by atoms with E-state index in [1.807, 2.05) is 0 Å². The van der Waals surface area contributed by atoms with Crippen molar-refractivity contribution in [1.29, 1.82) is 0 Å². The van der Waals surface area contributed by atoms with Crippen LogP contribution in [0.5, 0.6) is 10.9 Å². The minimum Gasteiger partial charge on any atom is -0.427 e. The van der Waals surface area contributed by atoms with Crippen LogP contribution < -0.4 is 4.74 Å². The van der Waals surface area contributed by atoms with Gasteiger partial charge in [0, 0.05) is 0 Å². The van der Waals surface area contributed by atoms with Crippen LogP contribution in [-0.4, -0.2) is 10.2 Å². The van der Waals surface area contributed by atoms with E-state index in [1.165, 1.54) is 11.3 Å². The SMILES string of the molecule is Cc1cccc(Oc2nnc(Br)s2)c1F. The largest absolute Gasteiger partial charge is 0.427 e. The molecule has 0 saturated carbocycles. The Morgan fingerprint density at radius 1 is 1.40 bits per heavy atom. The fourth-order valence-corrected chi connectivity index (χ4v) is 1.96. The highest BCUT2D eigenvalue weighted by molar-refractivity contribution is 9.11. The Morgan fingerprint density at radius 2 is 2.20 bits per heavy atom. The summed E-state index contributed by atoms with van der Waals surface area (Å²) in [6, 6.07) is 4.96. The van der Waals surface area contributed by atoms with Crippen molar-refractivity contribution in [1.82, 2.24) is 10.2 Å². The molecular weight excluding hydrogens is 283 g/mol. The molecule has 0 spiro atoms. The number of nitrogens with zero attached hydrogens (tertiary/aromatic N) is 2. The molecule has 0 aliphatic rings. The third kappa shape index (κ3) is 2.32. The Kier molecular flexibility index (Phi) is 2.97. The highest BCUT2D eigenvalue weighted by Gasteiger charge is 2.09. The van der Waals surface area contributed by atoms with Gasteiger partial charge in [-0.25, -0.2) is 4.39 Å². The molecule has 0 unspecified atom stereocenters. The van der Waals surface area contributed by atoms with E-state index in [9.17, 15) is 4.39 Å². The Hall–Kier alpha value is -1.01. The van der Waals surface area contributed by atoms with Gasteiger partial charge in [0.2, 0.25) is 0 Å². The summed E-state index contributed by atoms with van der Waals surface area (Å²) in [7, 11) is 0. The molecule has 0 atom stereocenters. The smallest absolute Gasteiger partial charge is 0.300 e. The first-order chi connectivity index (χ1) is 7.16. The van der Waals surface area contributed by atoms with Crippen molar-refractivity contribution in [2.75, 3.05) is 0 Å². The molecule has 1 heterocycles. The lowest BCUT2D eigenvalue weighted by molar-refractivity contribution is 0.433. The Labute approximate surface area is 98.0 Å². The predicted octanol–water partition coefficient (Wildman–Crippen LogP) is 3.54. The number of benzene rings is 1. The van der Waals surface area contributed by atoms with Crippen molar-refractivity contribution < 1.29 is 9.13 Å². The molecule has 1 aromatic carbocycles. The molecular formula is C9H6BrFN2OS. The minimum atomic E-state index is -0.371. The lowest BCUT2D eigenvalue weighted by atomic mass is 10.2. The van der Waals surface area contributed by atoms with Crippen LogP contribution in [-0.2, 0) is 0 Å². The van der Waals surface area contributed by atoms with E-state index in [0.29, 0.717) is 14.7 Å². The fraction of sp³-hybridized carbons (Fsp3) is 0.111. The van der Waals surface area contributed by atoms with Crippen LogP contribution in [0.25, 0.3) is 0 Å². The van der Waals surface area contributed by atoms with Crippen LogP contribution in [0.3, 0.4) is 0 Å². The van der Waals surface area contributed by atoms with E-state index < -0.39 is 0 Å². The molecule has 0 radical (unpaired) electrons. The average Bonchev–Trinajstić information content (AvgIpc) is 2.59. The molecule has 15 heavy (non-hydrogen) atoms. The van der Waals surface area contributed by atoms with E-state index in [0.717, 1.165) is 0 Å². The van der Waals surface area contributed by atoms with Crippen molar-refractivity contribution in [3.05, 3.63) is 33.5 Å². The molecule has 0 fully saturated rings. The molecule has 2 aromatic rings. The van der Waals surface area contributed by atoms with Gasteiger partial charge in [0.15, 0.2) is 15.5 Å². The summed E-state index contributed by atoms with van der Waals surface area (Å²) < 4.78 is 19.4. The lowest BCUT2D eigenvalue weighted by Gasteiger charge is -2.03. The second-order valence-corrected chi connectivity index (χ2v) is 5.03. The van der Waals surface area contributed by atoms with E-state index in [4.69, 9.17) is 4.74 Å². The Morgan fingerprint density at radius 3 is 2.87 bits per heavy atom. The summed E-state index contributed by atoms with van der Waals surface area (Å²) in [6.45, 7) is 1.68. The van der Waals surface area contributed by atoms with Gasteiger partial charge in [0.1, 0.15) is 0 Å². The molecule has 78 valence electrons. The lowest BCUT2D eigenvalue weighted by Crippen LogP contribution is -1.90. The van der Waals surface area contributed by atoms with E-state index in [1.54, 1.807) is 25.1 Å². The standard InChI is InChI=1S/C9H6BrFN2OS/c1-5-3-2-4-6(7(5)11)14-9-13-12-8(10)15-9/h2-4H,1H3. The van der Waals surface area contributed by atoms with Gasteiger partial charge in [-0.3, -0.25) is 0 Å². The van der Waals surface area contributed by atoms with Crippen LogP contribution in [0, 0.1) is 12.7 Å². The molecule has 6 heteroatoms. The number of ether oxygens (including phenoxy) is 1. The first-order valence-electron chi connectivity index (χ1n) is 4.09. The van der Waals surface area contributed by atoms with Gasteiger partial charge in [-0.15, -0.1) is 5.10 Å². The third-order valence-electron chi connectivity index (χ3n) is 1.74. The van der Waals surface area contributed by atoms with E-state index in [-0.39, 0.29) is 11.6 Å². The van der Waals surface area contributed by atoms with Crippen molar-refractivity contribution >= 4 is 27.3 Å². The van der Waals surface area contributed by atoms with Crippen LogP contribution in [0.2, 0.25) is 0 Å². The first-order valence-corrected chi connectivity index (χ1v) is 5.70. The molecule has 1 aromatic heterocycles. The first kappa shape index (κ1) is 10.5. The summed E-state index contributed by atoms with van der Waals surface area (Å²) in [6.07, 6.45) is 0. The molecule has 0 saturated heterocycles. The number of hydrogen-bond donors (Lipinski definition) is 0. The van der Waals surface area contributed by atoms with Gasteiger partial charge in [0.25, 0.3) is 5.19 Å². The van der Waals surface area contributed by atoms with Crippen LogP contribution in [0.4, 0.5) is 4.39 Å². The van der Waals surface area contributed by atoms with E-state index in [2.05, 4.69) is 26.1 Å². The second-order valence-electron chi connectivity index (χ2n) is 2.81. The predicted molar refractivity (Wildman–Crippen MR) is 58.8 cm³/mol. The maximum Gasteiger partial charge on any atom is 0.300 e. The molecule has 0 bridgehead atoms. The van der Waals surface area contributed by atoms with Crippen LogP contribution >= 0.6 is 27.3 Å². The fourth-order valence-electron chi connectivity index (χ4n) is 1.03. The van der Waals surface area contributed by atoms with E-state index >= 15 is 0 Å². The van der Waals surface area contributed by atoms with Crippen molar-refractivity contribution in [3.63, 3.8) is 0 Å². The molecule has 0 amide bonds. The van der Waals surface area contributed by atoms with Crippen LogP contribution in [0.15, 0.2) is 22.1 Å². The second kappa shape index (κ2) is 4.24. The van der Waals surface area contributed by atoms with Crippen molar-refractivity contribution in [2.24, 2.45) is 0 Å². The topological polar surface area (TPSA) is 35.0 Å². The summed E-state index contributed by atoms with van der Waals surface area (Å²) in [5.74, 6) is -0.206. The molecule has 0 N–H and O–H groups in total. The Bertz CT molecular complexity index is 489. The summed E-state index contributed by atoms with van der Waals surface area (Å²) in [5, 5.41) is 7.73. The van der Waals surface area contributed by atoms with Gasteiger partial charge in [-0.2, -0.15) is 0 Å². The highest BCUT2D eigenvalue weighted by atomic mass is 79.9. The summed E-state index contributed by atoms with van der Waals surface area (Å²) in [5.41, 5.74) is 0.538. The zero-order valence-corrected chi connectivity index (χ0v) is 10.1. The monoisotopic (exact) mass is 288 g/mol. The number of aryl methyl sites for hydroxylation is 1. The summed E-state index contributed by atoms with van der Waals surface area (Å²) in [4.78, 5) is 0. The number of aromatic nitrogens is 2. The Balaban J connectivity index is 2.28. The van der Waals surface area contributed by atoms with Gasteiger partial charge in [-0.1, -0.05) is 17.2 Å². The minimum absolute atomic E-state index is 0.165. The number of rotatable bonds is 2. The zero-order chi connectivity index (χ0) is 10.8. The maximum atomic E-state index is 13.5. The molecule has 3 nitrogen and oxygen atoms in total. The number of hydrogen-bond acceptors (Lipinski definition) is 4. The van der Waals surface area contributed by atoms with Gasteiger partial charge in [-0.05, 0) is 45.8 Å². The van der Waals surface area contributed by atoms with Crippen molar-refractivity contribution in [3.8, 4) is 10.9 Å². The molecule has 0 aliphatic carbocycles. The zero-order valence-electron chi connectivity index (χ0n) is 7.70. The highest BCUT2D eigenvalue weighted by Crippen LogP contribution is 2.29. The third-order valence-corrected chi connectivity index (χ3v) is 2.97. The quantitative estimate of drug-likeness (QED) is 0.848. The summed E-state index contributed by atoms with van der Waals surface area (Å²) >= 11 is 4.35. The van der Waals surface area contributed by atoms with Gasteiger partial charge < -0.3 is 4.74 Å². The van der Waals surface area contributed by atoms with Crippen LogP contribution in [0.1, 0.15) is 5.56 Å². The van der Waals surface area contributed by atoms with Crippen molar-refractivity contribution in [2.45, 2.75) is 6.92 Å².